The molecule has 18 heavy (non-hydrogen) atoms. The van der Waals surface area contributed by atoms with Gasteiger partial charge in [0.25, 0.3) is 0 Å². The van der Waals surface area contributed by atoms with Gasteiger partial charge in [-0.15, -0.1) is 0 Å². The molecule has 0 aromatic heterocycles. The van der Waals surface area contributed by atoms with Gasteiger partial charge in [0, 0.05) is 40.2 Å². The smallest absolute Gasteiger partial charge is 0.167 e. The van der Waals surface area contributed by atoms with E-state index in [0.717, 1.165) is 5.56 Å². The van der Waals surface area contributed by atoms with Crippen molar-refractivity contribution in [2.24, 2.45) is 0 Å². The minimum absolute atomic E-state index is 0.192. The summed E-state index contributed by atoms with van der Waals surface area (Å²) in [5.41, 5.74) is 1.01. The first-order chi connectivity index (χ1) is 8.66. The summed E-state index contributed by atoms with van der Waals surface area (Å²) >= 11 is 0. The SMILES string of the molecule is CN1OCC2([C@H]1c1ccccc1)[S@](=O)CC[S@@]2=O. The van der Waals surface area contributed by atoms with E-state index < -0.39 is 25.7 Å². The first-order valence-electron chi connectivity index (χ1n) is 5.84. The second kappa shape index (κ2) is 4.52. The molecule has 2 fully saturated rings. The Bertz CT molecular complexity index is 489. The lowest BCUT2D eigenvalue weighted by molar-refractivity contribution is -0.110. The van der Waals surface area contributed by atoms with Crippen LogP contribution in [0.15, 0.2) is 30.3 Å². The summed E-state index contributed by atoms with van der Waals surface area (Å²) in [5, 5.41) is 1.70. The van der Waals surface area contributed by atoms with E-state index in [9.17, 15) is 8.42 Å². The molecule has 0 radical (unpaired) electrons. The summed E-state index contributed by atoms with van der Waals surface area (Å²) in [6, 6.07) is 9.58. The Balaban J connectivity index is 2.10. The fourth-order valence-electron chi connectivity index (χ4n) is 2.70. The molecule has 1 aromatic rings. The van der Waals surface area contributed by atoms with Crippen LogP contribution < -0.4 is 0 Å². The largest absolute Gasteiger partial charge is 0.296 e. The molecule has 2 aliphatic rings. The lowest BCUT2D eigenvalue weighted by atomic mass is 10.0. The average molecular weight is 285 g/mol. The Morgan fingerprint density at radius 1 is 1.22 bits per heavy atom. The Morgan fingerprint density at radius 2 is 1.83 bits per heavy atom. The predicted octanol–water partition coefficient (Wildman–Crippen LogP) is 0.812. The van der Waals surface area contributed by atoms with Crippen LogP contribution in [0.3, 0.4) is 0 Å². The highest BCUT2D eigenvalue weighted by atomic mass is 32.3. The van der Waals surface area contributed by atoms with Crippen LogP contribution >= 0.6 is 0 Å². The molecule has 1 aromatic carbocycles. The molecule has 2 heterocycles. The van der Waals surface area contributed by atoms with Gasteiger partial charge < -0.3 is 0 Å². The van der Waals surface area contributed by atoms with Crippen molar-refractivity contribution in [2.45, 2.75) is 10.1 Å². The third-order valence-electron chi connectivity index (χ3n) is 3.59. The summed E-state index contributed by atoms with van der Waals surface area (Å²) in [6.07, 6.45) is 0. The van der Waals surface area contributed by atoms with Crippen LogP contribution in [0.5, 0.6) is 0 Å². The number of hydrogen-bond acceptors (Lipinski definition) is 4. The van der Waals surface area contributed by atoms with Crippen LogP contribution in [0.2, 0.25) is 0 Å². The molecule has 0 amide bonds. The molecule has 98 valence electrons. The molecule has 0 N–H and O–H groups in total. The van der Waals surface area contributed by atoms with E-state index in [1.165, 1.54) is 0 Å². The van der Waals surface area contributed by atoms with Gasteiger partial charge >= 0.3 is 0 Å². The van der Waals surface area contributed by atoms with Gasteiger partial charge in [0.15, 0.2) is 4.08 Å². The van der Waals surface area contributed by atoms with Crippen LogP contribution in [-0.4, -0.2) is 42.7 Å². The number of hydrogen-bond donors (Lipinski definition) is 0. The summed E-state index contributed by atoms with van der Waals surface area (Å²) in [7, 11) is -0.391. The standard InChI is InChI=1S/C12H15NO3S2/c1-13-11(10-5-3-2-4-6-10)12(9-16-13)17(14)7-8-18(12)15/h2-6,11H,7-9H2,1H3/t11-,12?,17-,18+/m1/s1. The van der Waals surface area contributed by atoms with Gasteiger partial charge in [0.05, 0.1) is 12.6 Å². The Labute approximate surface area is 111 Å². The summed E-state index contributed by atoms with van der Waals surface area (Å²) < 4.78 is 23.9. The maximum absolute atomic E-state index is 12.3. The normalized spacial score (nSPS) is 40.6. The number of nitrogens with zero attached hydrogens (tertiary/aromatic N) is 1. The van der Waals surface area contributed by atoms with Gasteiger partial charge in [-0.2, -0.15) is 5.06 Å². The van der Waals surface area contributed by atoms with E-state index in [4.69, 9.17) is 4.84 Å². The molecule has 4 nitrogen and oxygen atoms in total. The zero-order valence-corrected chi connectivity index (χ0v) is 11.7. The monoisotopic (exact) mass is 285 g/mol. The first-order valence-corrected chi connectivity index (χ1v) is 8.48. The first kappa shape index (κ1) is 12.5. The Kier molecular flexibility index (Phi) is 3.13. The maximum atomic E-state index is 12.3. The van der Waals surface area contributed by atoms with Crippen LogP contribution in [-0.2, 0) is 26.4 Å². The van der Waals surface area contributed by atoms with Crippen molar-refractivity contribution in [1.82, 2.24) is 5.06 Å². The molecule has 6 heteroatoms. The van der Waals surface area contributed by atoms with Crippen LogP contribution in [0, 0.1) is 0 Å². The summed E-state index contributed by atoms with van der Waals surface area (Å²) in [5.74, 6) is 1.01. The third kappa shape index (κ3) is 1.63. The van der Waals surface area contributed by atoms with E-state index in [2.05, 4.69) is 0 Å². The van der Waals surface area contributed by atoms with Gasteiger partial charge in [-0.25, -0.2) is 0 Å². The van der Waals surface area contributed by atoms with E-state index in [-0.39, 0.29) is 12.6 Å². The molecule has 3 rings (SSSR count). The van der Waals surface area contributed by atoms with Gasteiger partial charge in [-0.1, -0.05) is 30.3 Å². The molecular weight excluding hydrogens is 270 g/mol. The summed E-state index contributed by atoms with van der Waals surface area (Å²) in [6.45, 7) is 0.280. The van der Waals surface area contributed by atoms with Gasteiger partial charge in [0.2, 0.25) is 0 Å². The van der Waals surface area contributed by atoms with Crippen molar-refractivity contribution in [3.63, 3.8) is 0 Å². The molecule has 4 atom stereocenters. The zero-order valence-electron chi connectivity index (χ0n) is 10.1. The van der Waals surface area contributed by atoms with Crippen LogP contribution in [0.25, 0.3) is 0 Å². The molecular formula is C12H15NO3S2. The van der Waals surface area contributed by atoms with E-state index in [1.807, 2.05) is 37.4 Å². The highest BCUT2D eigenvalue weighted by molar-refractivity contribution is 8.07. The molecule has 1 spiro atoms. The van der Waals surface area contributed by atoms with Gasteiger partial charge in [0.1, 0.15) is 0 Å². The lowest BCUT2D eigenvalue weighted by Crippen LogP contribution is -2.42. The van der Waals surface area contributed by atoms with Crippen LogP contribution in [0.1, 0.15) is 11.6 Å². The van der Waals surface area contributed by atoms with Crippen molar-refractivity contribution in [1.29, 1.82) is 0 Å². The van der Waals surface area contributed by atoms with Crippen molar-refractivity contribution in [2.75, 3.05) is 25.2 Å². The number of benzene rings is 1. The quantitative estimate of drug-likeness (QED) is 0.766. The van der Waals surface area contributed by atoms with Crippen molar-refractivity contribution in [3.8, 4) is 0 Å². The number of hydroxylamine groups is 2. The highest BCUT2D eigenvalue weighted by Crippen LogP contribution is 2.46. The molecule has 2 saturated heterocycles. The molecule has 0 saturated carbocycles. The predicted molar refractivity (Wildman–Crippen MR) is 71.6 cm³/mol. The van der Waals surface area contributed by atoms with E-state index in [0.29, 0.717) is 11.5 Å². The maximum Gasteiger partial charge on any atom is 0.167 e. The Hall–Kier alpha value is -0.560. The molecule has 1 unspecified atom stereocenters. The number of rotatable bonds is 1. The fourth-order valence-corrected chi connectivity index (χ4v) is 7.37. The second-order valence-electron chi connectivity index (χ2n) is 4.54. The van der Waals surface area contributed by atoms with Gasteiger partial charge in [-0.05, 0) is 5.56 Å². The zero-order chi connectivity index (χ0) is 12.8. The topological polar surface area (TPSA) is 46.6 Å². The van der Waals surface area contributed by atoms with E-state index >= 15 is 0 Å². The van der Waals surface area contributed by atoms with Crippen LogP contribution in [0.4, 0.5) is 0 Å². The Morgan fingerprint density at radius 3 is 2.44 bits per heavy atom. The average Bonchev–Trinajstić information content (AvgIpc) is 2.87. The highest BCUT2D eigenvalue weighted by Gasteiger charge is 2.60. The minimum atomic E-state index is -1.10. The molecule has 0 bridgehead atoms. The lowest BCUT2D eigenvalue weighted by Gasteiger charge is -2.28. The van der Waals surface area contributed by atoms with E-state index in [1.54, 1.807) is 5.06 Å². The third-order valence-corrected chi connectivity index (χ3v) is 8.34. The van der Waals surface area contributed by atoms with Crippen molar-refractivity contribution >= 4 is 21.6 Å². The second-order valence-corrected chi connectivity index (χ2v) is 8.46. The van der Waals surface area contributed by atoms with Crippen molar-refractivity contribution in [3.05, 3.63) is 35.9 Å². The fraction of sp³-hybridized carbons (Fsp3) is 0.500. The molecule has 0 aliphatic carbocycles. The minimum Gasteiger partial charge on any atom is -0.296 e. The summed E-state index contributed by atoms with van der Waals surface area (Å²) in [4.78, 5) is 5.55. The van der Waals surface area contributed by atoms with Crippen molar-refractivity contribution < 1.29 is 13.3 Å². The van der Waals surface area contributed by atoms with Gasteiger partial charge in [-0.3, -0.25) is 13.3 Å². The molecule has 2 aliphatic heterocycles.